The van der Waals surface area contributed by atoms with E-state index in [0.29, 0.717) is 18.9 Å². The second kappa shape index (κ2) is 4.28. The Hall–Kier alpha value is -1.61. The van der Waals surface area contributed by atoms with Gasteiger partial charge in [0, 0.05) is 23.8 Å². The van der Waals surface area contributed by atoms with Gasteiger partial charge in [-0.05, 0) is 19.1 Å². The normalized spacial score (nSPS) is 10.7. The molecule has 0 spiro atoms. The van der Waals surface area contributed by atoms with E-state index in [4.69, 9.17) is 4.74 Å². The molecule has 15 heavy (non-hydrogen) atoms. The van der Waals surface area contributed by atoms with Crippen molar-refractivity contribution >= 4 is 17.2 Å². The van der Waals surface area contributed by atoms with Crippen molar-refractivity contribution in [2.75, 3.05) is 6.61 Å². The van der Waals surface area contributed by atoms with E-state index in [-0.39, 0.29) is 0 Å². The molecule has 0 unspecified atom stereocenters. The number of ether oxygens (including phenoxy) is 1. The van der Waals surface area contributed by atoms with Crippen molar-refractivity contribution in [3.8, 4) is 0 Å². The van der Waals surface area contributed by atoms with Gasteiger partial charge >= 0.3 is 0 Å². The highest BCUT2D eigenvalue weighted by atomic mass is 16.5. The van der Waals surface area contributed by atoms with Gasteiger partial charge in [0.15, 0.2) is 6.29 Å². The van der Waals surface area contributed by atoms with Crippen molar-refractivity contribution in [3.63, 3.8) is 0 Å². The highest BCUT2D eigenvalue weighted by molar-refractivity contribution is 5.96. The van der Waals surface area contributed by atoms with Gasteiger partial charge in [-0.25, -0.2) is 0 Å². The van der Waals surface area contributed by atoms with Crippen molar-refractivity contribution in [1.82, 2.24) is 4.57 Å². The van der Waals surface area contributed by atoms with Crippen molar-refractivity contribution in [2.45, 2.75) is 13.7 Å². The van der Waals surface area contributed by atoms with Crippen LogP contribution < -0.4 is 0 Å². The molecule has 0 saturated carbocycles. The molecule has 0 aliphatic heterocycles. The number of hydrogen-bond acceptors (Lipinski definition) is 2. The van der Waals surface area contributed by atoms with Crippen LogP contribution in [-0.4, -0.2) is 17.5 Å². The molecule has 0 fully saturated rings. The largest absolute Gasteiger partial charge is 0.361 e. The van der Waals surface area contributed by atoms with Gasteiger partial charge in [-0.3, -0.25) is 4.79 Å². The van der Waals surface area contributed by atoms with E-state index < -0.39 is 0 Å². The highest BCUT2D eigenvalue weighted by Crippen LogP contribution is 2.19. The van der Waals surface area contributed by atoms with E-state index in [1.165, 1.54) is 0 Å². The highest BCUT2D eigenvalue weighted by Gasteiger charge is 2.04. The number of aromatic nitrogens is 1. The fourth-order valence-electron chi connectivity index (χ4n) is 1.68. The number of benzene rings is 1. The third kappa shape index (κ3) is 1.78. The van der Waals surface area contributed by atoms with Gasteiger partial charge in [0.25, 0.3) is 0 Å². The molecule has 0 saturated heterocycles. The molecule has 3 nitrogen and oxygen atoms in total. The van der Waals surface area contributed by atoms with Gasteiger partial charge in [-0.1, -0.05) is 12.1 Å². The lowest BCUT2D eigenvalue weighted by Gasteiger charge is -2.06. The van der Waals surface area contributed by atoms with Crippen LogP contribution in [0.4, 0.5) is 0 Å². The maximum absolute atomic E-state index is 10.9. The molecule has 0 aliphatic carbocycles. The Balaban J connectivity index is 2.50. The molecule has 2 rings (SSSR count). The summed E-state index contributed by atoms with van der Waals surface area (Å²) in [7, 11) is 0. The van der Waals surface area contributed by atoms with E-state index >= 15 is 0 Å². The maximum atomic E-state index is 10.9. The summed E-state index contributed by atoms with van der Waals surface area (Å²) in [6, 6.07) is 7.68. The van der Waals surface area contributed by atoms with Crippen LogP contribution in [0.5, 0.6) is 0 Å². The Bertz CT molecular complexity index is 473. The fourth-order valence-corrected chi connectivity index (χ4v) is 1.68. The van der Waals surface area contributed by atoms with Crippen molar-refractivity contribution in [1.29, 1.82) is 0 Å². The second-order valence-electron chi connectivity index (χ2n) is 3.31. The van der Waals surface area contributed by atoms with Crippen LogP contribution in [0.2, 0.25) is 0 Å². The molecule has 0 atom stereocenters. The molecule has 0 radical (unpaired) electrons. The minimum absolute atomic E-state index is 0.491. The summed E-state index contributed by atoms with van der Waals surface area (Å²) in [5.41, 5.74) is 1.65. The molecule has 0 bridgehead atoms. The Morgan fingerprint density at radius 3 is 3.00 bits per heavy atom. The lowest BCUT2D eigenvalue weighted by molar-refractivity contribution is 0.0907. The van der Waals surface area contributed by atoms with Crippen LogP contribution in [0.3, 0.4) is 0 Å². The van der Waals surface area contributed by atoms with Crippen LogP contribution in [0.1, 0.15) is 17.3 Å². The Morgan fingerprint density at radius 2 is 2.27 bits per heavy atom. The van der Waals surface area contributed by atoms with Crippen molar-refractivity contribution in [3.05, 3.63) is 36.0 Å². The maximum Gasteiger partial charge on any atom is 0.152 e. The average molecular weight is 203 g/mol. The van der Waals surface area contributed by atoms with Gasteiger partial charge in [0.2, 0.25) is 0 Å². The molecule has 0 N–H and O–H groups in total. The van der Waals surface area contributed by atoms with E-state index in [1.807, 2.05) is 42.0 Å². The molecular formula is C12H13NO2. The van der Waals surface area contributed by atoms with Crippen LogP contribution in [0, 0.1) is 0 Å². The van der Waals surface area contributed by atoms with Crippen LogP contribution in [0.25, 0.3) is 10.9 Å². The first kappa shape index (κ1) is 9.93. The first-order valence-electron chi connectivity index (χ1n) is 4.97. The summed E-state index contributed by atoms with van der Waals surface area (Å²) in [6.45, 7) is 3.11. The van der Waals surface area contributed by atoms with E-state index in [9.17, 15) is 4.79 Å². The Morgan fingerprint density at radius 1 is 1.40 bits per heavy atom. The monoisotopic (exact) mass is 203 g/mol. The van der Waals surface area contributed by atoms with E-state index in [2.05, 4.69) is 0 Å². The molecular weight excluding hydrogens is 190 g/mol. The number of para-hydroxylation sites is 1. The van der Waals surface area contributed by atoms with E-state index in [0.717, 1.165) is 17.2 Å². The van der Waals surface area contributed by atoms with Gasteiger partial charge in [0.1, 0.15) is 6.73 Å². The smallest absolute Gasteiger partial charge is 0.152 e. The topological polar surface area (TPSA) is 31.2 Å². The molecule has 2 aromatic rings. The number of carbonyl (C=O) groups is 1. The quantitative estimate of drug-likeness (QED) is 0.715. The number of hydrogen-bond donors (Lipinski definition) is 0. The fraction of sp³-hybridized carbons (Fsp3) is 0.250. The number of fused-ring (bicyclic) bond motifs is 1. The van der Waals surface area contributed by atoms with Crippen molar-refractivity contribution < 1.29 is 9.53 Å². The zero-order valence-corrected chi connectivity index (χ0v) is 8.64. The average Bonchev–Trinajstić information content (AvgIpc) is 2.69. The molecule has 0 aliphatic rings. The first-order chi connectivity index (χ1) is 7.36. The van der Waals surface area contributed by atoms with Crippen LogP contribution in [0.15, 0.2) is 30.5 Å². The zero-order valence-electron chi connectivity index (χ0n) is 8.64. The molecule has 1 aromatic heterocycles. The lowest BCUT2D eigenvalue weighted by atomic mass is 10.1. The van der Waals surface area contributed by atoms with Gasteiger partial charge in [-0.15, -0.1) is 0 Å². The summed E-state index contributed by atoms with van der Waals surface area (Å²) < 4.78 is 7.28. The van der Waals surface area contributed by atoms with Crippen LogP contribution >= 0.6 is 0 Å². The first-order valence-corrected chi connectivity index (χ1v) is 4.97. The Kier molecular flexibility index (Phi) is 2.83. The number of nitrogens with zero attached hydrogens (tertiary/aromatic N) is 1. The SMILES string of the molecule is CCOCn1ccc2cccc(C=O)c21. The third-order valence-electron chi connectivity index (χ3n) is 2.38. The lowest BCUT2D eigenvalue weighted by Crippen LogP contribution is -2.01. The van der Waals surface area contributed by atoms with Crippen LogP contribution in [-0.2, 0) is 11.5 Å². The molecule has 3 heteroatoms. The van der Waals surface area contributed by atoms with Crippen molar-refractivity contribution in [2.24, 2.45) is 0 Å². The van der Waals surface area contributed by atoms with Gasteiger partial charge < -0.3 is 9.30 Å². The summed E-state index contributed by atoms with van der Waals surface area (Å²) in [6.07, 6.45) is 2.82. The van der Waals surface area contributed by atoms with E-state index in [1.54, 1.807) is 0 Å². The molecule has 0 amide bonds. The standard InChI is InChI=1S/C12H13NO2/c1-2-15-9-13-7-6-10-4-3-5-11(8-14)12(10)13/h3-8H,2,9H2,1H3. The third-order valence-corrected chi connectivity index (χ3v) is 2.38. The minimum Gasteiger partial charge on any atom is -0.361 e. The summed E-state index contributed by atoms with van der Waals surface area (Å²) in [5.74, 6) is 0. The molecule has 1 aromatic carbocycles. The second-order valence-corrected chi connectivity index (χ2v) is 3.31. The Labute approximate surface area is 88.3 Å². The zero-order chi connectivity index (χ0) is 10.7. The molecule has 78 valence electrons. The molecule has 1 heterocycles. The number of rotatable bonds is 4. The predicted molar refractivity (Wildman–Crippen MR) is 59.0 cm³/mol. The minimum atomic E-state index is 0.491. The summed E-state index contributed by atoms with van der Waals surface area (Å²) in [5, 5.41) is 1.07. The summed E-state index contributed by atoms with van der Waals surface area (Å²) in [4.78, 5) is 10.9. The number of aldehydes is 1. The van der Waals surface area contributed by atoms with Gasteiger partial charge in [-0.2, -0.15) is 0 Å². The van der Waals surface area contributed by atoms with Gasteiger partial charge in [0.05, 0.1) is 5.52 Å². The number of carbonyl (C=O) groups excluding carboxylic acids is 1. The predicted octanol–water partition coefficient (Wildman–Crippen LogP) is 2.45. The summed E-state index contributed by atoms with van der Waals surface area (Å²) >= 11 is 0.